The van der Waals surface area contributed by atoms with Crippen LogP contribution < -0.4 is 15.0 Å². The molecule has 1 heterocycles. The zero-order valence-electron chi connectivity index (χ0n) is 12.9. The number of nitrogens with zero attached hydrogens (tertiary/aromatic N) is 2. The molecule has 0 saturated carbocycles. The largest absolute Gasteiger partial charge is 0.493 e. The summed E-state index contributed by atoms with van der Waals surface area (Å²) in [7, 11) is 2.81. The second-order valence-corrected chi connectivity index (χ2v) is 4.91. The molecule has 8 nitrogen and oxygen atoms in total. The van der Waals surface area contributed by atoms with E-state index < -0.39 is 4.92 Å². The zero-order chi connectivity index (χ0) is 17.3. The molecule has 0 atom stereocenters. The Kier molecular flexibility index (Phi) is 3.87. The number of benzene rings is 2. The molecular weight excluding hydrogens is 314 g/mol. The summed E-state index contributed by atoms with van der Waals surface area (Å²) in [4.78, 5) is 30.0. The number of rotatable bonds is 4. The van der Waals surface area contributed by atoms with Crippen LogP contribution in [0.1, 0.15) is 0 Å². The molecule has 3 rings (SSSR count). The fourth-order valence-electron chi connectivity index (χ4n) is 2.42. The predicted octanol–water partition coefficient (Wildman–Crippen LogP) is 2.52. The van der Waals surface area contributed by atoms with Crippen LogP contribution in [0.2, 0.25) is 0 Å². The predicted molar refractivity (Wildman–Crippen MR) is 87.6 cm³/mol. The molecule has 0 spiro atoms. The first-order valence-corrected chi connectivity index (χ1v) is 6.95. The molecule has 0 aliphatic rings. The van der Waals surface area contributed by atoms with E-state index in [0.717, 1.165) is 0 Å². The Morgan fingerprint density at radius 1 is 1.12 bits per heavy atom. The molecule has 1 aromatic heterocycles. The number of para-hydroxylation sites is 1. The van der Waals surface area contributed by atoms with Crippen molar-refractivity contribution in [3.05, 3.63) is 56.9 Å². The maximum atomic E-state index is 12.2. The molecule has 0 fully saturated rings. The van der Waals surface area contributed by atoms with Crippen LogP contribution in [-0.4, -0.2) is 29.1 Å². The first-order valence-electron chi connectivity index (χ1n) is 6.95. The average Bonchev–Trinajstić information content (AvgIpc) is 2.60. The smallest absolute Gasteiger partial charge is 0.284 e. The van der Waals surface area contributed by atoms with Gasteiger partial charge in [-0.1, -0.05) is 12.1 Å². The summed E-state index contributed by atoms with van der Waals surface area (Å²) >= 11 is 0. The Labute approximate surface area is 135 Å². The summed E-state index contributed by atoms with van der Waals surface area (Å²) in [6.07, 6.45) is 0. The highest BCUT2D eigenvalue weighted by atomic mass is 16.6. The molecule has 8 heteroatoms. The highest BCUT2D eigenvalue weighted by Crippen LogP contribution is 2.38. The van der Waals surface area contributed by atoms with Gasteiger partial charge in [-0.05, 0) is 12.1 Å². The number of hydrogen-bond acceptors (Lipinski definition) is 6. The number of H-pyrrole nitrogens is 1. The maximum Gasteiger partial charge on any atom is 0.284 e. The number of hydrogen-bond donors (Lipinski definition) is 1. The quantitative estimate of drug-likeness (QED) is 0.583. The summed E-state index contributed by atoms with van der Waals surface area (Å²) in [6.45, 7) is 0. The minimum absolute atomic E-state index is 0.0892. The van der Waals surface area contributed by atoms with Gasteiger partial charge in [0.25, 0.3) is 11.2 Å². The molecule has 0 bridgehead atoms. The van der Waals surface area contributed by atoms with Gasteiger partial charge in [0.1, 0.15) is 5.82 Å². The molecule has 0 aliphatic heterocycles. The van der Waals surface area contributed by atoms with Gasteiger partial charge in [0.15, 0.2) is 11.5 Å². The lowest BCUT2D eigenvalue weighted by Gasteiger charge is -2.10. The van der Waals surface area contributed by atoms with E-state index in [4.69, 9.17) is 9.47 Å². The normalized spacial score (nSPS) is 10.6. The number of fused-ring (bicyclic) bond motifs is 1. The van der Waals surface area contributed by atoms with Gasteiger partial charge in [0.05, 0.1) is 41.7 Å². The summed E-state index contributed by atoms with van der Waals surface area (Å²) in [5, 5.41) is 11.8. The van der Waals surface area contributed by atoms with Crippen LogP contribution in [0.25, 0.3) is 22.3 Å². The molecule has 24 heavy (non-hydrogen) atoms. The first kappa shape index (κ1) is 15.5. The average molecular weight is 327 g/mol. The van der Waals surface area contributed by atoms with Crippen LogP contribution in [-0.2, 0) is 0 Å². The summed E-state index contributed by atoms with van der Waals surface area (Å²) in [6, 6.07) is 9.42. The standard InChI is InChI=1S/C16H13N3O5/c1-23-13-7-10(12(19(21)22)8-14(13)24-2)15-17-11-6-4-3-5-9(11)16(20)18-15/h3-8H,1-2H3,(H,17,18,20). The minimum Gasteiger partial charge on any atom is -0.493 e. The number of aromatic amines is 1. The molecule has 0 saturated heterocycles. The minimum atomic E-state index is -0.563. The molecule has 0 radical (unpaired) electrons. The van der Waals surface area contributed by atoms with Gasteiger partial charge in [-0.15, -0.1) is 0 Å². The molecular formula is C16H13N3O5. The van der Waals surface area contributed by atoms with Crippen molar-refractivity contribution >= 4 is 16.6 Å². The van der Waals surface area contributed by atoms with E-state index in [1.54, 1.807) is 24.3 Å². The van der Waals surface area contributed by atoms with Gasteiger partial charge < -0.3 is 14.5 Å². The molecule has 0 aliphatic carbocycles. The Morgan fingerprint density at radius 3 is 2.46 bits per heavy atom. The molecule has 2 aromatic carbocycles. The van der Waals surface area contributed by atoms with Crippen molar-refractivity contribution < 1.29 is 14.4 Å². The van der Waals surface area contributed by atoms with Gasteiger partial charge in [-0.3, -0.25) is 14.9 Å². The number of ether oxygens (including phenoxy) is 2. The van der Waals surface area contributed by atoms with Crippen LogP contribution in [0.4, 0.5) is 5.69 Å². The van der Waals surface area contributed by atoms with Gasteiger partial charge in [-0.2, -0.15) is 0 Å². The third kappa shape index (κ3) is 2.54. The second-order valence-electron chi connectivity index (χ2n) is 4.91. The zero-order valence-corrected chi connectivity index (χ0v) is 12.9. The summed E-state index contributed by atoms with van der Waals surface area (Å²) < 4.78 is 10.3. The van der Waals surface area contributed by atoms with Crippen molar-refractivity contribution in [2.24, 2.45) is 0 Å². The van der Waals surface area contributed by atoms with Crippen molar-refractivity contribution in [2.75, 3.05) is 14.2 Å². The third-order valence-corrected chi connectivity index (χ3v) is 3.57. The van der Waals surface area contributed by atoms with Crippen molar-refractivity contribution in [1.82, 2.24) is 9.97 Å². The Hall–Kier alpha value is -3.42. The van der Waals surface area contributed by atoms with Crippen molar-refractivity contribution in [1.29, 1.82) is 0 Å². The van der Waals surface area contributed by atoms with Crippen LogP contribution >= 0.6 is 0 Å². The SMILES string of the molecule is COc1cc(-c2nc3ccccc3c(=O)[nH]2)c([N+](=O)[O-])cc1OC. The van der Waals surface area contributed by atoms with E-state index in [1.807, 2.05) is 0 Å². The highest BCUT2D eigenvalue weighted by Gasteiger charge is 2.22. The number of nitrogens with one attached hydrogen (secondary N) is 1. The van der Waals surface area contributed by atoms with Crippen molar-refractivity contribution in [2.45, 2.75) is 0 Å². The van der Waals surface area contributed by atoms with E-state index in [1.165, 1.54) is 26.4 Å². The monoisotopic (exact) mass is 327 g/mol. The summed E-state index contributed by atoms with van der Waals surface area (Å²) in [5.74, 6) is 0.608. The third-order valence-electron chi connectivity index (χ3n) is 3.57. The topological polar surface area (TPSA) is 107 Å². The second kappa shape index (κ2) is 5.99. The molecule has 0 unspecified atom stereocenters. The lowest BCUT2D eigenvalue weighted by atomic mass is 10.1. The van der Waals surface area contributed by atoms with E-state index >= 15 is 0 Å². The maximum absolute atomic E-state index is 12.2. The van der Waals surface area contributed by atoms with E-state index in [0.29, 0.717) is 16.7 Å². The lowest BCUT2D eigenvalue weighted by molar-refractivity contribution is -0.384. The van der Waals surface area contributed by atoms with Crippen LogP contribution in [0, 0.1) is 10.1 Å². The summed E-state index contributed by atoms with van der Waals surface area (Å²) in [5.41, 5.74) is -0.0356. The van der Waals surface area contributed by atoms with E-state index in [-0.39, 0.29) is 28.4 Å². The Balaban J connectivity index is 2.32. The van der Waals surface area contributed by atoms with Crippen molar-refractivity contribution in [3.8, 4) is 22.9 Å². The van der Waals surface area contributed by atoms with Gasteiger partial charge in [-0.25, -0.2) is 4.98 Å². The molecule has 3 aromatic rings. The molecule has 1 N–H and O–H groups in total. The fraction of sp³-hybridized carbons (Fsp3) is 0.125. The van der Waals surface area contributed by atoms with Crippen LogP contribution in [0.5, 0.6) is 11.5 Å². The number of methoxy groups -OCH3 is 2. The number of aromatic nitrogens is 2. The van der Waals surface area contributed by atoms with E-state index in [2.05, 4.69) is 9.97 Å². The van der Waals surface area contributed by atoms with Gasteiger partial charge >= 0.3 is 0 Å². The van der Waals surface area contributed by atoms with E-state index in [9.17, 15) is 14.9 Å². The van der Waals surface area contributed by atoms with Crippen LogP contribution in [0.15, 0.2) is 41.2 Å². The van der Waals surface area contributed by atoms with Crippen LogP contribution in [0.3, 0.4) is 0 Å². The molecule has 0 amide bonds. The number of nitro benzene ring substituents is 1. The Bertz CT molecular complexity index is 997. The van der Waals surface area contributed by atoms with Gasteiger partial charge in [0.2, 0.25) is 0 Å². The van der Waals surface area contributed by atoms with Crippen molar-refractivity contribution in [3.63, 3.8) is 0 Å². The fourth-order valence-corrected chi connectivity index (χ4v) is 2.42. The van der Waals surface area contributed by atoms with Gasteiger partial charge in [0, 0.05) is 6.07 Å². The highest BCUT2D eigenvalue weighted by molar-refractivity contribution is 5.81. The lowest BCUT2D eigenvalue weighted by Crippen LogP contribution is -2.10. The number of nitro groups is 1. The molecule has 122 valence electrons. The Morgan fingerprint density at radius 2 is 1.79 bits per heavy atom. The first-order chi connectivity index (χ1) is 11.5.